The molecule has 0 spiro atoms. The molecular weight excluding hydrogens is 460 g/mol. The van der Waals surface area contributed by atoms with Crippen molar-refractivity contribution in [1.29, 1.82) is 0 Å². The Morgan fingerprint density at radius 2 is 1.66 bits per heavy atom. The summed E-state index contributed by atoms with van der Waals surface area (Å²) in [5.74, 6) is 1.18. The summed E-state index contributed by atoms with van der Waals surface area (Å²) in [6, 6.07) is 24.6. The number of anilines is 1. The first-order chi connectivity index (χ1) is 17.0. The van der Waals surface area contributed by atoms with Crippen LogP contribution in [0.2, 0.25) is 0 Å². The van der Waals surface area contributed by atoms with Crippen molar-refractivity contribution in [2.24, 2.45) is 0 Å². The second-order valence-electron chi connectivity index (χ2n) is 7.96. The Labute approximate surface area is 208 Å². The minimum atomic E-state index is -0.438. The highest BCUT2D eigenvalue weighted by Gasteiger charge is 2.22. The van der Waals surface area contributed by atoms with Crippen LogP contribution in [0.3, 0.4) is 0 Å². The number of carbonyl (C=O) groups is 2. The number of hydrogen-bond donors (Lipinski definition) is 1. The van der Waals surface area contributed by atoms with Gasteiger partial charge in [0.05, 0.1) is 24.5 Å². The van der Waals surface area contributed by atoms with Gasteiger partial charge in [-0.25, -0.2) is 0 Å². The van der Waals surface area contributed by atoms with E-state index in [4.69, 9.17) is 4.74 Å². The first-order valence-electron chi connectivity index (χ1n) is 11.2. The van der Waals surface area contributed by atoms with Gasteiger partial charge in [-0.3, -0.25) is 14.2 Å². The normalized spacial score (nSPS) is 11.6. The number of ketones is 1. The van der Waals surface area contributed by atoms with E-state index in [-0.39, 0.29) is 11.7 Å². The van der Waals surface area contributed by atoms with Gasteiger partial charge in [0.1, 0.15) is 5.75 Å². The number of rotatable bonds is 9. The molecule has 178 valence electrons. The molecule has 3 aromatic carbocycles. The zero-order valence-corrected chi connectivity index (χ0v) is 20.6. The van der Waals surface area contributed by atoms with Crippen molar-refractivity contribution >= 4 is 29.1 Å². The van der Waals surface area contributed by atoms with E-state index >= 15 is 0 Å². The van der Waals surface area contributed by atoms with Crippen LogP contribution in [-0.4, -0.2) is 38.8 Å². The van der Waals surface area contributed by atoms with Crippen LogP contribution >= 0.6 is 11.8 Å². The molecule has 35 heavy (non-hydrogen) atoms. The lowest BCUT2D eigenvalue weighted by molar-refractivity contribution is -0.115. The predicted molar refractivity (Wildman–Crippen MR) is 138 cm³/mol. The van der Waals surface area contributed by atoms with Crippen LogP contribution in [0, 0.1) is 0 Å². The monoisotopic (exact) mass is 486 g/mol. The maximum Gasteiger partial charge on any atom is 0.237 e. The molecule has 1 N–H and O–H groups in total. The Balaban J connectivity index is 1.59. The molecule has 4 aromatic rings. The molecule has 1 atom stereocenters. The third-order valence-corrected chi connectivity index (χ3v) is 6.54. The number of aromatic nitrogens is 3. The van der Waals surface area contributed by atoms with Crippen molar-refractivity contribution in [2.45, 2.75) is 30.8 Å². The van der Waals surface area contributed by atoms with Crippen molar-refractivity contribution in [1.82, 2.24) is 14.8 Å². The number of nitrogens with zero attached hydrogens (tertiary/aromatic N) is 3. The fourth-order valence-electron chi connectivity index (χ4n) is 3.56. The lowest BCUT2D eigenvalue weighted by Crippen LogP contribution is -2.23. The summed E-state index contributed by atoms with van der Waals surface area (Å²) in [6.45, 7) is 3.88. The highest BCUT2D eigenvalue weighted by atomic mass is 32.2. The van der Waals surface area contributed by atoms with Gasteiger partial charge in [-0.05, 0) is 55.8 Å². The maximum absolute atomic E-state index is 12.9. The van der Waals surface area contributed by atoms with Crippen LogP contribution < -0.4 is 10.1 Å². The van der Waals surface area contributed by atoms with Crippen LogP contribution in [-0.2, 0) is 11.3 Å². The minimum Gasteiger partial charge on any atom is -0.496 e. The van der Waals surface area contributed by atoms with E-state index in [1.807, 2.05) is 66.1 Å². The minimum absolute atomic E-state index is 0.0181. The van der Waals surface area contributed by atoms with Crippen molar-refractivity contribution in [3.8, 4) is 17.1 Å². The Bertz CT molecular complexity index is 1320. The Hall–Kier alpha value is -3.91. The molecule has 1 aromatic heterocycles. The molecule has 0 fully saturated rings. The number of methoxy groups -OCH3 is 1. The second-order valence-corrected chi connectivity index (χ2v) is 9.27. The molecular formula is C27H26N4O3S. The molecule has 4 rings (SSSR count). The van der Waals surface area contributed by atoms with Crippen LogP contribution in [0.5, 0.6) is 5.75 Å². The summed E-state index contributed by atoms with van der Waals surface area (Å²) < 4.78 is 7.55. The average molecular weight is 487 g/mol. The molecule has 0 aliphatic rings. The number of amides is 1. The van der Waals surface area contributed by atoms with Gasteiger partial charge in [0.25, 0.3) is 0 Å². The smallest absolute Gasteiger partial charge is 0.237 e. The number of thioether (sulfide) groups is 1. The van der Waals surface area contributed by atoms with Gasteiger partial charge < -0.3 is 10.1 Å². The number of Topliss-reactive ketones (excluding diaryl/α,β-unsaturated/α-hetero) is 1. The largest absolute Gasteiger partial charge is 0.496 e. The summed E-state index contributed by atoms with van der Waals surface area (Å²) in [5, 5.41) is 12.0. The number of para-hydroxylation sites is 1. The van der Waals surface area contributed by atoms with Gasteiger partial charge in [0, 0.05) is 11.3 Å². The van der Waals surface area contributed by atoms with Crippen molar-refractivity contribution in [3.05, 3.63) is 90.0 Å². The van der Waals surface area contributed by atoms with Crippen molar-refractivity contribution < 1.29 is 14.3 Å². The third kappa shape index (κ3) is 5.78. The highest BCUT2D eigenvalue weighted by Crippen LogP contribution is 2.33. The molecule has 0 bridgehead atoms. The van der Waals surface area contributed by atoms with E-state index in [1.54, 1.807) is 31.4 Å². The van der Waals surface area contributed by atoms with Gasteiger partial charge >= 0.3 is 0 Å². The van der Waals surface area contributed by atoms with Crippen LogP contribution in [0.1, 0.15) is 29.8 Å². The summed E-state index contributed by atoms with van der Waals surface area (Å²) in [5.41, 5.74) is 3.15. The number of ether oxygens (including phenoxy) is 1. The zero-order valence-electron chi connectivity index (χ0n) is 19.8. The lowest BCUT2D eigenvalue weighted by Gasteiger charge is -2.15. The Kier molecular flexibility index (Phi) is 7.62. The molecule has 1 amide bonds. The maximum atomic E-state index is 12.9. The van der Waals surface area contributed by atoms with Gasteiger partial charge in [0.2, 0.25) is 5.91 Å². The van der Waals surface area contributed by atoms with Crippen LogP contribution in [0.15, 0.2) is 84.0 Å². The molecule has 0 saturated carbocycles. The van der Waals surface area contributed by atoms with Crippen molar-refractivity contribution in [2.75, 3.05) is 12.4 Å². The lowest BCUT2D eigenvalue weighted by atomic mass is 10.1. The zero-order chi connectivity index (χ0) is 24.8. The van der Waals surface area contributed by atoms with Crippen LogP contribution in [0.25, 0.3) is 11.4 Å². The molecule has 0 aliphatic carbocycles. The first kappa shape index (κ1) is 24.2. The Morgan fingerprint density at radius 1 is 0.971 bits per heavy atom. The van der Waals surface area contributed by atoms with E-state index < -0.39 is 5.25 Å². The SMILES string of the molecule is COc1ccccc1-c1nnc(S[C@H](C)C(=O)Nc2ccc(C(C)=O)cc2)n1Cc1ccccc1. The summed E-state index contributed by atoms with van der Waals surface area (Å²) in [4.78, 5) is 24.4. The number of nitrogens with one attached hydrogen (secondary N) is 1. The van der Waals surface area contributed by atoms with E-state index in [0.29, 0.717) is 34.5 Å². The average Bonchev–Trinajstić information content (AvgIpc) is 3.26. The van der Waals surface area contributed by atoms with Crippen LogP contribution in [0.4, 0.5) is 5.69 Å². The third-order valence-electron chi connectivity index (χ3n) is 5.46. The fourth-order valence-corrected chi connectivity index (χ4v) is 4.41. The Morgan fingerprint density at radius 3 is 2.34 bits per heavy atom. The molecule has 8 heteroatoms. The van der Waals surface area contributed by atoms with Crippen molar-refractivity contribution in [3.63, 3.8) is 0 Å². The topological polar surface area (TPSA) is 86.1 Å². The second kappa shape index (κ2) is 11.0. The summed E-state index contributed by atoms with van der Waals surface area (Å²) in [6.07, 6.45) is 0. The van der Waals surface area contributed by atoms with Gasteiger partial charge in [-0.1, -0.05) is 54.2 Å². The quantitative estimate of drug-likeness (QED) is 0.254. The molecule has 7 nitrogen and oxygen atoms in total. The number of benzene rings is 3. The molecule has 0 radical (unpaired) electrons. The highest BCUT2D eigenvalue weighted by molar-refractivity contribution is 8.00. The predicted octanol–water partition coefficient (Wildman–Crippen LogP) is 5.32. The number of hydrogen-bond acceptors (Lipinski definition) is 6. The standard InChI is InChI=1S/C27H26N4O3S/c1-18(32)21-13-15-22(16-14-21)28-26(33)19(2)35-27-30-29-25(23-11-7-8-12-24(23)34-3)31(27)17-20-9-5-4-6-10-20/h4-16,19H,17H2,1-3H3,(H,28,33)/t19-/m1/s1. The molecule has 1 heterocycles. The van der Waals surface area contributed by atoms with E-state index in [2.05, 4.69) is 15.5 Å². The van der Waals surface area contributed by atoms with Gasteiger partial charge in [-0.15, -0.1) is 10.2 Å². The molecule has 0 aliphatic heterocycles. The fraction of sp³-hybridized carbons (Fsp3) is 0.185. The van der Waals surface area contributed by atoms with Gasteiger partial charge in [0.15, 0.2) is 16.8 Å². The number of carbonyl (C=O) groups excluding carboxylic acids is 2. The van der Waals surface area contributed by atoms with E-state index in [0.717, 1.165) is 11.1 Å². The van der Waals surface area contributed by atoms with E-state index in [9.17, 15) is 9.59 Å². The molecule has 0 unspecified atom stereocenters. The first-order valence-corrected chi connectivity index (χ1v) is 12.0. The summed E-state index contributed by atoms with van der Waals surface area (Å²) >= 11 is 1.34. The molecule has 0 saturated heterocycles. The summed E-state index contributed by atoms with van der Waals surface area (Å²) in [7, 11) is 1.63. The van der Waals surface area contributed by atoms with Gasteiger partial charge in [-0.2, -0.15) is 0 Å². The van der Waals surface area contributed by atoms with E-state index in [1.165, 1.54) is 18.7 Å².